The van der Waals surface area contributed by atoms with Gasteiger partial charge in [0, 0.05) is 0 Å². The largest absolute Gasteiger partial charge is 0.490 e. The predicted molar refractivity (Wildman–Crippen MR) is 156 cm³/mol. The first kappa shape index (κ1) is 30.5. The molecule has 0 spiro atoms. The standard InChI is InChI=1S/C33H47NO5/c1-4-7-10-15-20-37-29-23-26(25-34-32(35)27-18-13-14-19-28(27)33(34)36)24-30(38-21-16-11-8-5-2)31(29)39-22-17-12-9-6-3/h13-14,18-19,23-24H,4-12,15-17,20-22,25H2,1-3H3. The number of nitrogens with zero attached hydrogens (tertiary/aromatic N) is 1. The topological polar surface area (TPSA) is 65.1 Å². The molecule has 0 bridgehead atoms. The highest BCUT2D eigenvalue weighted by Crippen LogP contribution is 2.40. The second-order valence-corrected chi connectivity index (χ2v) is 10.4. The molecule has 0 aromatic heterocycles. The molecule has 214 valence electrons. The van der Waals surface area contributed by atoms with Crippen molar-refractivity contribution in [3.05, 3.63) is 53.1 Å². The molecular weight excluding hydrogens is 490 g/mol. The first-order chi connectivity index (χ1) is 19.1. The molecule has 2 aromatic carbocycles. The molecule has 2 amide bonds. The lowest BCUT2D eigenvalue weighted by molar-refractivity contribution is 0.0642. The van der Waals surface area contributed by atoms with Crippen molar-refractivity contribution >= 4 is 11.8 Å². The zero-order chi connectivity index (χ0) is 27.9. The minimum Gasteiger partial charge on any atom is -0.490 e. The van der Waals surface area contributed by atoms with Crippen LogP contribution in [0.3, 0.4) is 0 Å². The minimum absolute atomic E-state index is 0.154. The maximum absolute atomic E-state index is 13.0. The van der Waals surface area contributed by atoms with E-state index in [1.807, 2.05) is 12.1 Å². The molecule has 0 unspecified atom stereocenters. The summed E-state index contributed by atoms with van der Waals surface area (Å²) < 4.78 is 18.8. The van der Waals surface area contributed by atoms with Crippen LogP contribution in [0.2, 0.25) is 0 Å². The Morgan fingerprint density at radius 2 is 1.03 bits per heavy atom. The Bertz CT molecular complexity index is 980. The van der Waals surface area contributed by atoms with Crippen LogP contribution in [0.4, 0.5) is 0 Å². The van der Waals surface area contributed by atoms with Crippen molar-refractivity contribution in [1.82, 2.24) is 4.90 Å². The molecule has 1 aliphatic rings. The summed E-state index contributed by atoms with van der Waals surface area (Å²) in [5.41, 5.74) is 1.69. The Balaban J connectivity index is 1.84. The number of hydrogen-bond acceptors (Lipinski definition) is 5. The number of fused-ring (bicyclic) bond motifs is 1. The number of carbonyl (C=O) groups is 2. The Labute approximate surface area is 235 Å². The second-order valence-electron chi connectivity index (χ2n) is 10.4. The van der Waals surface area contributed by atoms with Crippen LogP contribution in [-0.4, -0.2) is 36.5 Å². The van der Waals surface area contributed by atoms with Crippen LogP contribution in [0.15, 0.2) is 36.4 Å². The van der Waals surface area contributed by atoms with Gasteiger partial charge in [0.2, 0.25) is 5.75 Å². The molecule has 0 N–H and O–H groups in total. The molecular formula is C33H47NO5. The summed E-state index contributed by atoms with van der Waals surface area (Å²) in [5, 5.41) is 0. The van der Waals surface area contributed by atoms with Gasteiger partial charge < -0.3 is 14.2 Å². The number of hydrogen-bond donors (Lipinski definition) is 0. The van der Waals surface area contributed by atoms with Gasteiger partial charge in [-0.15, -0.1) is 0 Å². The van der Waals surface area contributed by atoms with E-state index in [9.17, 15) is 9.59 Å². The summed E-state index contributed by atoms with van der Waals surface area (Å²) in [6, 6.07) is 10.8. The number of ether oxygens (including phenoxy) is 3. The van der Waals surface area contributed by atoms with E-state index in [1.165, 1.54) is 30.6 Å². The van der Waals surface area contributed by atoms with Gasteiger partial charge >= 0.3 is 0 Å². The average Bonchev–Trinajstić information content (AvgIpc) is 3.18. The van der Waals surface area contributed by atoms with Gasteiger partial charge in [-0.05, 0) is 49.1 Å². The first-order valence-corrected chi connectivity index (χ1v) is 15.1. The van der Waals surface area contributed by atoms with Gasteiger partial charge in [-0.25, -0.2) is 0 Å². The highest BCUT2D eigenvalue weighted by molar-refractivity contribution is 6.21. The molecule has 6 nitrogen and oxygen atoms in total. The van der Waals surface area contributed by atoms with Gasteiger partial charge in [0.15, 0.2) is 11.5 Å². The van der Waals surface area contributed by atoms with E-state index in [-0.39, 0.29) is 18.4 Å². The number of benzene rings is 2. The predicted octanol–water partition coefficient (Wildman–Crippen LogP) is 8.36. The summed E-state index contributed by atoms with van der Waals surface area (Å²) in [7, 11) is 0. The molecule has 0 saturated heterocycles. The average molecular weight is 538 g/mol. The molecule has 0 saturated carbocycles. The fraction of sp³-hybridized carbons (Fsp3) is 0.576. The molecule has 0 radical (unpaired) electrons. The smallest absolute Gasteiger partial charge is 0.261 e. The van der Waals surface area contributed by atoms with Crippen molar-refractivity contribution in [3.63, 3.8) is 0 Å². The molecule has 0 fully saturated rings. The van der Waals surface area contributed by atoms with Gasteiger partial charge in [0.25, 0.3) is 11.8 Å². The Hall–Kier alpha value is -3.02. The van der Waals surface area contributed by atoms with Crippen LogP contribution in [0, 0.1) is 0 Å². The van der Waals surface area contributed by atoms with Gasteiger partial charge in [-0.2, -0.15) is 0 Å². The van der Waals surface area contributed by atoms with E-state index < -0.39 is 0 Å². The molecule has 0 atom stereocenters. The van der Waals surface area contributed by atoms with Crippen molar-refractivity contribution in [2.45, 2.75) is 104 Å². The second kappa shape index (κ2) is 16.8. The van der Waals surface area contributed by atoms with Crippen LogP contribution in [-0.2, 0) is 6.54 Å². The Kier molecular flexibility index (Phi) is 13.2. The third kappa shape index (κ3) is 9.01. The minimum atomic E-state index is -0.268. The Morgan fingerprint density at radius 1 is 0.590 bits per heavy atom. The number of amides is 2. The number of imide groups is 1. The van der Waals surface area contributed by atoms with Crippen molar-refractivity contribution in [2.24, 2.45) is 0 Å². The lowest BCUT2D eigenvalue weighted by Gasteiger charge is -2.20. The Morgan fingerprint density at radius 3 is 1.46 bits per heavy atom. The van der Waals surface area contributed by atoms with Crippen LogP contribution >= 0.6 is 0 Å². The maximum Gasteiger partial charge on any atom is 0.261 e. The lowest BCUT2D eigenvalue weighted by atomic mass is 10.1. The van der Waals surface area contributed by atoms with Gasteiger partial charge in [0.05, 0.1) is 37.5 Å². The molecule has 1 heterocycles. The zero-order valence-corrected chi connectivity index (χ0v) is 24.3. The molecule has 6 heteroatoms. The van der Waals surface area contributed by atoms with Crippen molar-refractivity contribution < 1.29 is 23.8 Å². The number of unbranched alkanes of at least 4 members (excludes halogenated alkanes) is 9. The highest BCUT2D eigenvalue weighted by atomic mass is 16.5. The summed E-state index contributed by atoms with van der Waals surface area (Å²) in [4.78, 5) is 27.4. The SMILES string of the molecule is CCCCCCOc1cc(CN2C(=O)c3ccccc3C2=O)cc(OCCCCCC)c1OCCCCCC. The van der Waals surface area contributed by atoms with Crippen molar-refractivity contribution in [2.75, 3.05) is 19.8 Å². The van der Waals surface area contributed by atoms with E-state index in [0.29, 0.717) is 48.2 Å². The van der Waals surface area contributed by atoms with Crippen LogP contribution < -0.4 is 14.2 Å². The van der Waals surface area contributed by atoms with E-state index in [1.54, 1.807) is 24.3 Å². The summed E-state index contributed by atoms with van der Waals surface area (Å²) >= 11 is 0. The molecule has 3 rings (SSSR count). The summed E-state index contributed by atoms with van der Waals surface area (Å²) in [6.07, 6.45) is 13.3. The van der Waals surface area contributed by atoms with E-state index in [4.69, 9.17) is 14.2 Å². The normalized spacial score (nSPS) is 12.6. The summed E-state index contributed by atoms with van der Waals surface area (Å²) in [6.45, 7) is 8.49. The van der Waals surface area contributed by atoms with E-state index in [2.05, 4.69) is 20.8 Å². The maximum atomic E-state index is 13.0. The molecule has 39 heavy (non-hydrogen) atoms. The number of rotatable bonds is 20. The molecule has 2 aromatic rings. The van der Waals surface area contributed by atoms with Crippen LogP contribution in [0.1, 0.15) is 124 Å². The lowest BCUT2D eigenvalue weighted by Crippen LogP contribution is -2.29. The zero-order valence-electron chi connectivity index (χ0n) is 24.3. The third-order valence-electron chi connectivity index (χ3n) is 7.05. The summed E-state index contributed by atoms with van der Waals surface area (Å²) in [5.74, 6) is 1.34. The van der Waals surface area contributed by atoms with Crippen LogP contribution in [0.5, 0.6) is 17.2 Å². The van der Waals surface area contributed by atoms with Crippen molar-refractivity contribution in [3.8, 4) is 17.2 Å². The highest BCUT2D eigenvalue weighted by Gasteiger charge is 2.35. The third-order valence-corrected chi connectivity index (χ3v) is 7.05. The van der Waals surface area contributed by atoms with Gasteiger partial charge in [-0.1, -0.05) is 90.7 Å². The quantitative estimate of drug-likeness (QED) is 0.125. The molecule has 1 aliphatic heterocycles. The fourth-order valence-electron chi connectivity index (χ4n) is 4.77. The van der Waals surface area contributed by atoms with Crippen molar-refractivity contribution in [1.29, 1.82) is 0 Å². The first-order valence-electron chi connectivity index (χ1n) is 15.1. The van der Waals surface area contributed by atoms with Gasteiger partial charge in [0.1, 0.15) is 0 Å². The van der Waals surface area contributed by atoms with E-state index in [0.717, 1.165) is 56.9 Å². The van der Waals surface area contributed by atoms with Gasteiger partial charge in [-0.3, -0.25) is 14.5 Å². The van der Waals surface area contributed by atoms with E-state index >= 15 is 0 Å². The fourth-order valence-corrected chi connectivity index (χ4v) is 4.77. The number of carbonyl (C=O) groups excluding carboxylic acids is 2. The van der Waals surface area contributed by atoms with Crippen LogP contribution in [0.25, 0.3) is 0 Å². The monoisotopic (exact) mass is 537 g/mol. The molecule has 0 aliphatic carbocycles.